The van der Waals surface area contributed by atoms with Gasteiger partial charge in [0.25, 0.3) is 5.91 Å². The number of aromatic nitrogens is 3. The van der Waals surface area contributed by atoms with Crippen LogP contribution in [0.15, 0.2) is 46.6 Å². The minimum atomic E-state index is -3.83. The summed E-state index contributed by atoms with van der Waals surface area (Å²) in [7, 11) is -2.11. The van der Waals surface area contributed by atoms with Gasteiger partial charge in [0.2, 0.25) is 15.9 Å². The average molecular weight is 422 g/mol. The first-order valence-electron chi connectivity index (χ1n) is 8.32. The number of fused-ring (bicyclic) bond motifs is 1. The van der Waals surface area contributed by atoms with Crippen molar-refractivity contribution >= 4 is 44.6 Å². The van der Waals surface area contributed by atoms with Crippen LogP contribution in [0.25, 0.3) is 11.0 Å². The number of hydrogen-bond acceptors (Lipinski definition) is 6. The van der Waals surface area contributed by atoms with Gasteiger partial charge in [-0.3, -0.25) is 14.9 Å². The molecular weight excluding hydrogens is 402 g/mol. The van der Waals surface area contributed by atoms with Gasteiger partial charge >= 0.3 is 0 Å². The van der Waals surface area contributed by atoms with Crippen molar-refractivity contribution in [3.8, 4) is 0 Å². The summed E-state index contributed by atoms with van der Waals surface area (Å²) < 4.78 is 26.5. The van der Waals surface area contributed by atoms with Gasteiger partial charge in [-0.05, 0) is 37.3 Å². The number of imidazole rings is 1. The topological polar surface area (TPSA) is 129 Å². The van der Waals surface area contributed by atoms with Crippen LogP contribution < -0.4 is 10.5 Å². The van der Waals surface area contributed by atoms with E-state index in [1.165, 1.54) is 12.1 Å². The molecule has 3 rings (SSSR count). The predicted molar refractivity (Wildman–Crippen MR) is 105 cm³/mol. The maximum Gasteiger partial charge on any atom is 0.274 e. The zero-order valence-electron chi connectivity index (χ0n) is 15.2. The number of imide groups is 1. The third-order valence-electron chi connectivity index (χ3n) is 4.09. The van der Waals surface area contributed by atoms with Crippen LogP contribution in [0.1, 0.15) is 17.4 Å². The molecule has 9 nitrogen and oxygen atoms in total. The van der Waals surface area contributed by atoms with Crippen molar-refractivity contribution in [2.45, 2.75) is 23.5 Å². The Morgan fingerprint density at radius 3 is 2.64 bits per heavy atom. The lowest BCUT2D eigenvalue weighted by Crippen LogP contribution is -2.33. The van der Waals surface area contributed by atoms with Gasteiger partial charge < -0.3 is 9.13 Å². The van der Waals surface area contributed by atoms with Crippen molar-refractivity contribution in [2.75, 3.05) is 5.75 Å². The Kier molecular flexibility index (Phi) is 5.59. The van der Waals surface area contributed by atoms with Crippen LogP contribution in [-0.4, -0.2) is 40.1 Å². The Morgan fingerprint density at radius 2 is 2.04 bits per heavy atom. The molecule has 0 saturated heterocycles. The molecule has 2 amide bonds. The van der Waals surface area contributed by atoms with Crippen molar-refractivity contribution < 1.29 is 18.0 Å². The molecule has 0 aliphatic carbocycles. The summed E-state index contributed by atoms with van der Waals surface area (Å²) in [4.78, 5) is 28.6. The molecule has 3 N–H and O–H groups in total. The number of sulfonamides is 1. The number of hydrogen-bond donors (Lipinski definition) is 2. The molecule has 0 bridgehead atoms. The minimum absolute atomic E-state index is 0.0124. The van der Waals surface area contributed by atoms with Crippen LogP contribution in [-0.2, 0) is 28.4 Å². The Hall–Kier alpha value is -2.63. The zero-order valence-corrected chi connectivity index (χ0v) is 16.9. The molecule has 0 spiro atoms. The Morgan fingerprint density at radius 1 is 1.29 bits per heavy atom. The third-order valence-corrected chi connectivity index (χ3v) is 5.98. The molecule has 0 saturated carbocycles. The SMILES string of the molecule is CCn1c(SCC(=O)NC(=O)c2cccn2C)nc2cc(S(N)(=O)=O)ccc21. The van der Waals surface area contributed by atoms with E-state index in [0.29, 0.717) is 22.9 Å². The quantitative estimate of drug-likeness (QED) is 0.573. The molecule has 148 valence electrons. The number of rotatable bonds is 6. The molecule has 3 aromatic rings. The smallest absolute Gasteiger partial charge is 0.274 e. The summed E-state index contributed by atoms with van der Waals surface area (Å²) >= 11 is 1.16. The van der Waals surface area contributed by atoms with Crippen molar-refractivity contribution in [1.29, 1.82) is 0 Å². The summed E-state index contributed by atoms with van der Waals surface area (Å²) in [5.74, 6) is -0.933. The van der Waals surface area contributed by atoms with Crippen molar-refractivity contribution in [3.05, 3.63) is 42.2 Å². The highest BCUT2D eigenvalue weighted by molar-refractivity contribution is 7.99. The van der Waals surface area contributed by atoms with Crippen molar-refractivity contribution in [1.82, 2.24) is 19.4 Å². The van der Waals surface area contributed by atoms with Gasteiger partial charge in [-0.2, -0.15) is 0 Å². The van der Waals surface area contributed by atoms with Crippen molar-refractivity contribution in [3.63, 3.8) is 0 Å². The highest BCUT2D eigenvalue weighted by Gasteiger charge is 2.17. The second-order valence-electron chi connectivity index (χ2n) is 6.00. The minimum Gasteiger partial charge on any atom is -0.347 e. The number of nitrogens with zero attached hydrogens (tertiary/aromatic N) is 3. The van der Waals surface area contributed by atoms with Crippen LogP contribution in [0.3, 0.4) is 0 Å². The zero-order chi connectivity index (χ0) is 20.5. The van der Waals surface area contributed by atoms with Gasteiger partial charge in [0.05, 0.1) is 21.7 Å². The van der Waals surface area contributed by atoms with E-state index in [4.69, 9.17) is 5.14 Å². The standard InChI is InChI=1S/C17H19N5O4S2/c1-3-22-13-7-6-11(28(18,25)26)9-12(13)19-17(22)27-10-15(23)20-16(24)14-5-4-8-21(14)2/h4-9H,3,10H2,1-2H3,(H2,18,25,26)(H,20,23,24). The van der Waals surface area contributed by atoms with Gasteiger partial charge in [0.1, 0.15) is 5.69 Å². The van der Waals surface area contributed by atoms with E-state index in [2.05, 4.69) is 10.3 Å². The largest absolute Gasteiger partial charge is 0.347 e. The van der Waals surface area contributed by atoms with Gasteiger partial charge in [-0.25, -0.2) is 18.5 Å². The fourth-order valence-electron chi connectivity index (χ4n) is 2.73. The van der Waals surface area contributed by atoms with Gasteiger partial charge in [0.15, 0.2) is 5.16 Å². The van der Waals surface area contributed by atoms with E-state index < -0.39 is 21.8 Å². The molecule has 11 heteroatoms. The number of carbonyl (C=O) groups is 2. The number of amides is 2. The normalized spacial score (nSPS) is 11.7. The molecule has 0 atom stereocenters. The molecule has 0 unspecified atom stereocenters. The summed E-state index contributed by atoms with van der Waals surface area (Å²) in [6, 6.07) is 7.79. The molecule has 2 heterocycles. The lowest BCUT2D eigenvalue weighted by molar-refractivity contribution is -0.117. The summed E-state index contributed by atoms with van der Waals surface area (Å²) in [5.41, 5.74) is 1.59. The molecule has 0 aliphatic heterocycles. The molecule has 1 aromatic carbocycles. The monoisotopic (exact) mass is 421 g/mol. The number of carbonyl (C=O) groups excluding carboxylic acids is 2. The average Bonchev–Trinajstić information content (AvgIpc) is 3.21. The lowest BCUT2D eigenvalue weighted by atomic mass is 10.3. The van der Waals surface area contributed by atoms with Crippen LogP contribution in [0.5, 0.6) is 0 Å². The van der Waals surface area contributed by atoms with Crippen LogP contribution in [0.2, 0.25) is 0 Å². The molecular formula is C17H19N5O4S2. The second kappa shape index (κ2) is 7.78. The molecule has 0 fully saturated rings. The first-order valence-corrected chi connectivity index (χ1v) is 10.8. The first kappa shape index (κ1) is 20.1. The predicted octanol–water partition coefficient (Wildman–Crippen LogP) is 1.09. The highest BCUT2D eigenvalue weighted by atomic mass is 32.2. The van der Waals surface area contributed by atoms with Gasteiger partial charge in [-0.1, -0.05) is 11.8 Å². The summed E-state index contributed by atoms with van der Waals surface area (Å²) in [6.45, 7) is 2.50. The highest BCUT2D eigenvalue weighted by Crippen LogP contribution is 2.25. The van der Waals surface area contributed by atoms with Gasteiger partial charge in [-0.15, -0.1) is 0 Å². The van der Waals surface area contributed by atoms with E-state index in [9.17, 15) is 18.0 Å². The fourth-order valence-corrected chi connectivity index (χ4v) is 4.15. The van der Waals surface area contributed by atoms with Crippen LogP contribution in [0, 0.1) is 0 Å². The van der Waals surface area contributed by atoms with Crippen molar-refractivity contribution in [2.24, 2.45) is 12.2 Å². The number of benzene rings is 1. The van der Waals surface area contributed by atoms with E-state index in [1.54, 1.807) is 36.0 Å². The first-order chi connectivity index (χ1) is 13.2. The molecule has 2 aromatic heterocycles. The Balaban J connectivity index is 1.75. The maximum atomic E-state index is 12.1. The van der Waals surface area contributed by atoms with E-state index in [1.807, 2.05) is 11.5 Å². The third kappa shape index (κ3) is 4.11. The number of nitrogens with two attached hydrogens (primary N) is 1. The van der Waals surface area contributed by atoms with Crippen LogP contribution in [0.4, 0.5) is 0 Å². The van der Waals surface area contributed by atoms with Gasteiger partial charge in [0, 0.05) is 19.8 Å². The van der Waals surface area contributed by atoms with E-state index >= 15 is 0 Å². The number of thioether (sulfide) groups is 1. The lowest BCUT2D eigenvalue weighted by Gasteiger charge is -2.07. The maximum absolute atomic E-state index is 12.1. The van der Waals surface area contributed by atoms with Crippen LogP contribution >= 0.6 is 11.8 Å². The Bertz CT molecular complexity index is 1160. The number of nitrogens with one attached hydrogen (secondary N) is 1. The van der Waals surface area contributed by atoms with E-state index in [-0.39, 0.29) is 10.6 Å². The summed E-state index contributed by atoms with van der Waals surface area (Å²) in [5, 5.41) is 8.05. The van der Waals surface area contributed by atoms with E-state index in [0.717, 1.165) is 17.3 Å². The fraction of sp³-hybridized carbons (Fsp3) is 0.235. The molecule has 28 heavy (non-hydrogen) atoms. The summed E-state index contributed by atoms with van der Waals surface area (Å²) in [6.07, 6.45) is 1.72. The molecule has 0 radical (unpaired) electrons. The second-order valence-corrected chi connectivity index (χ2v) is 8.51. The number of aryl methyl sites for hydroxylation is 2. The Labute approximate surface area is 166 Å². The number of primary sulfonamides is 1. The molecule has 0 aliphatic rings.